The van der Waals surface area contributed by atoms with E-state index in [1.807, 2.05) is 0 Å². The molecule has 2 aromatic carbocycles. The lowest BCUT2D eigenvalue weighted by molar-refractivity contribution is -0.394. The number of nitro groups is 2. The lowest BCUT2D eigenvalue weighted by atomic mass is 10.0. The van der Waals surface area contributed by atoms with Crippen molar-refractivity contribution in [3.05, 3.63) is 91.4 Å². The van der Waals surface area contributed by atoms with Crippen molar-refractivity contribution >= 4 is 38.7 Å². The van der Waals surface area contributed by atoms with Gasteiger partial charge >= 0.3 is 0 Å². The van der Waals surface area contributed by atoms with E-state index >= 15 is 0 Å². The molecule has 0 atom stereocenters. The Bertz CT molecular complexity index is 1390. The van der Waals surface area contributed by atoms with Crippen LogP contribution < -0.4 is 4.31 Å². The lowest BCUT2D eigenvalue weighted by Crippen LogP contribution is -2.29. The van der Waals surface area contributed by atoms with E-state index in [1.165, 1.54) is 18.2 Å². The molecule has 1 aliphatic heterocycles. The van der Waals surface area contributed by atoms with Gasteiger partial charge in [-0.15, -0.1) is 0 Å². The highest BCUT2D eigenvalue weighted by molar-refractivity contribution is 7.92. The number of non-ortho nitro benzene ring substituents is 1. The van der Waals surface area contributed by atoms with Gasteiger partial charge < -0.3 is 4.42 Å². The van der Waals surface area contributed by atoms with Gasteiger partial charge in [0.15, 0.2) is 0 Å². The van der Waals surface area contributed by atoms with E-state index < -0.39 is 31.2 Å². The summed E-state index contributed by atoms with van der Waals surface area (Å²) >= 11 is 0. The van der Waals surface area contributed by atoms with Crippen molar-refractivity contribution in [1.82, 2.24) is 0 Å². The second kappa shape index (κ2) is 7.61. The molecule has 0 radical (unpaired) electrons. The molecule has 0 bridgehead atoms. The monoisotopic (exact) mass is 455 g/mol. The topological polar surface area (TPSA) is 137 Å². The Morgan fingerprint density at radius 1 is 1.00 bits per heavy atom. The van der Waals surface area contributed by atoms with Crippen LogP contribution in [0.2, 0.25) is 0 Å². The third kappa shape index (κ3) is 3.62. The number of nitrogens with zero attached hydrogens (tertiary/aromatic N) is 3. The molecule has 0 unspecified atom stereocenters. The lowest BCUT2D eigenvalue weighted by Gasteiger charge is -2.19. The maximum Gasteiger partial charge on any atom is 0.285 e. The summed E-state index contributed by atoms with van der Waals surface area (Å²) in [6, 6.07) is 11.3. The van der Waals surface area contributed by atoms with Crippen LogP contribution in [-0.2, 0) is 10.0 Å². The molecule has 0 spiro atoms. The van der Waals surface area contributed by atoms with Gasteiger partial charge in [-0.25, -0.2) is 8.42 Å². The number of nitro benzene ring substituents is 2. The summed E-state index contributed by atoms with van der Waals surface area (Å²) in [5, 5.41) is 23.2. The van der Waals surface area contributed by atoms with Crippen LogP contribution in [0.15, 0.2) is 57.8 Å². The number of aryl methyl sites for hydroxylation is 2. The third-order valence-corrected chi connectivity index (χ3v) is 6.85. The standard InChI is InChI=1S/C21H17N3O7S/c1-13-3-7-18(8-4-13)32(29,30)22-12-15(9-17-6-5-14(2)31-17)21-19(22)10-16(23(25)26)11-20(21)24(27)28/h3-11H,12H2,1-2H3. The molecule has 0 amide bonds. The summed E-state index contributed by atoms with van der Waals surface area (Å²) in [6.45, 7) is 3.29. The van der Waals surface area contributed by atoms with E-state index in [2.05, 4.69) is 0 Å². The van der Waals surface area contributed by atoms with Crippen LogP contribution >= 0.6 is 0 Å². The molecule has 0 saturated carbocycles. The maximum atomic E-state index is 13.4. The fraction of sp³-hybridized carbons (Fsp3) is 0.143. The van der Waals surface area contributed by atoms with E-state index in [1.54, 1.807) is 38.1 Å². The summed E-state index contributed by atoms with van der Waals surface area (Å²) in [7, 11) is -4.16. The Balaban J connectivity index is 1.97. The number of benzene rings is 2. The molecule has 0 saturated heterocycles. The van der Waals surface area contributed by atoms with Gasteiger partial charge in [-0.2, -0.15) is 0 Å². The van der Waals surface area contributed by atoms with Gasteiger partial charge in [0.2, 0.25) is 0 Å². The third-order valence-electron chi connectivity index (χ3n) is 5.08. The van der Waals surface area contributed by atoms with Gasteiger partial charge in [0.1, 0.15) is 11.5 Å². The van der Waals surface area contributed by atoms with Crippen LogP contribution in [0, 0.1) is 34.1 Å². The quantitative estimate of drug-likeness (QED) is 0.409. The van der Waals surface area contributed by atoms with Crippen LogP contribution in [-0.4, -0.2) is 24.8 Å². The summed E-state index contributed by atoms with van der Waals surface area (Å²) < 4.78 is 33.3. The molecule has 1 aliphatic rings. The second-order valence-corrected chi connectivity index (χ2v) is 9.18. The first kappa shape index (κ1) is 21.2. The number of fused-ring (bicyclic) bond motifs is 1. The average molecular weight is 455 g/mol. The first-order valence-corrected chi connectivity index (χ1v) is 10.9. The summed E-state index contributed by atoms with van der Waals surface area (Å²) in [4.78, 5) is 21.6. The first-order valence-electron chi connectivity index (χ1n) is 9.41. The Labute approximate surface area is 182 Å². The number of rotatable bonds is 5. The van der Waals surface area contributed by atoms with Crippen molar-refractivity contribution in [2.45, 2.75) is 18.7 Å². The number of hydrogen-bond acceptors (Lipinski definition) is 7. The summed E-state index contributed by atoms with van der Waals surface area (Å²) in [6.07, 6.45) is 1.51. The summed E-state index contributed by atoms with van der Waals surface area (Å²) in [5.74, 6) is 0.989. The van der Waals surface area contributed by atoms with Crippen LogP contribution in [0.1, 0.15) is 22.6 Å². The Morgan fingerprint density at radius 3 is 2.25 bits per heavy atom. The van der Waals surface area contributed by atoms with Crippen molar-refractivity contribution in [1.29, 1.82) is 0 Å². The molecule has 0 aliphatic carbocycles. The van der Waals surface area contributed by atoms with Crippen molar-refractivity contribution in [3.8, 4) is 0 Å². The van der Waals surface area contributed by atoms with Crippen molar-refractivity contribution in [2.75, 3.05) is 10.8 Å². The number of sulfonamides is 1. The van der Waals surface area contributed by atoms with Gasteiger partial charge in [0, 0.05) is 6.07 Å². The SMILES string of the molecule is Cc1ccc(S(=O)(=O)N2CC(=Cc3ccc(C)o3)c3c2cc([N+](=O)[O-])cc3[N+](=O)[O-])cc1. The first-order chi connectivity index (χ1) is 15.1. The Kier molecular flexibility index (Phi) is 5.05. The molecule has 32 heavy (non-hydrogen) atoms. The van der Waals surface area contributed by atoms with E-state index in [-0.39, 0.29) is 22.7 Å². The number of hydrogen-bond donors (Lipinski definition) is 0. The van der Waals surface area contributed by atoms with E-state index in [9.17, 15) is 28.6 Å². The van der Waals surface area contributed by atoms with E-state index in [4.69, 9.17) is 4.42 Å². The average Bonchev–Trinajstić information content (AvgIpc) is 3.31. The fourth-order valence-corrected chi connectivity index (χ4v) is 5.01. The largest absolute Gasteiger partial charge is 0.462 e. The van der Waals surface area contributed by atoms with Crippen LogP contribution in [0.4, 0.5) is 17.1 Å². The highest BCUT2D eigenvalue weighted by Gasteiger charge is 2.40. The summed E-state index contributed by atoms with van der Waals surface area (Å²) in [5.41, 5.74) is -0.0937. The second-order valence-electron chi connectivity index (χ2n) is 7.32. The predicted octanol–water partition coefficient (Wildman–Crippen LogP) is 4.46. The van der Waals surface area contributed by atoms with Crippen molar-refractivity contribution in [2.24, 2.45) is 0 Å². The van der Waals surface area contributed by atoms with Crippen LogP contribution in [0.25, 0.3) is 11.6 Å². The smallest absolute Gasteiger partial charge is 0.285 e. The molecule has 164 valence electrons. The van der Waals surface area contributed by atoms with Gasteiger partial charge in [0.05, 0.1) is 38.6 Å². The minimum atomic E-state index is -4.16. The van der Waals surface area contributed by atoms with Gasteiger partial charge in [-0.05, 0) is 49.8 Å². The highest BCUT2D eigenvalue weighted by atomic mass is 32.2. The molecule has 4 rings (SSSR count). The number of anilines is 1. The van der Waals surface area contributed by atoms with Crippen molar-refractivity contribution in [3.63, 3.8) is 0 Å². The van der Waals surface area contributed by atoms with E-state index in [0.29, 0.717) is 17.1 Å². The zero-order chi connectivity index (χ0) is 23.2. The molecule has 11 heteroatoms. The maximum absolute atomic E-state index is 13.4. The normalized spacial score (nSPS) is 14.6. The van der Waals surface area contributed by atoms with E-state index in [0.717, 1.165) is 22.0 Å². The predicted molar refractivity (Wildman–Crippen MR) is 117 cm³/mol. The Hall–Kier alpha value is -3.99. The zero-order valence-corrected chi connectivity index (χ0v) is 17.8. The minimum absolute atomic E-state index is 0.00494. The van der Waals surface area contributed by atoms with Gasteiger partial charge in [-0.1, -0.05) is 17.7 Å². The molecule has 10 nitrogen and oxygen atoms in total. The fourth-order valence-electron chi connectivity index (χ4n) is 3.56. The zero-order valence-electron chi connectivity index (χ0n) is 17.0. The van der Waals surface area contributed by atoms with Crippen molar-refractivity contribution < 1.29 is 22.7 Å². The molecular weight excluding hydrogens is 438 g/mol. The molecule has 0 fully saturated rings. The number of furan rings is 1. The molecular formula is C21H17N3O7S. The molecule has 2 heterocycles. The van der Waals surface area contributed by atoms with Crippen LogP contribution in [0.5, 0.6) is 0 Å². The van der Waals surface area contributed by atoms with Gasteiger partial charge in [-0.3, -0.25) is 24.5 Å². The molecule has 0 N–H and O–H groups in total. The molecule has 1 aromatic heterocycles. The highest BCUT2D eigenvalue weighted by Crippen LogP contribution is 2.47. The van der Waals surface area contributed by atoms with Gasteiger partial charge in [0.25, 0.3) is 21.4 Å². The Morgan fingerprint density at radius 2 is 1.69 bits per heavy atom. The molecule has 3 aromatic rings. The van der Waals surface area contributed by atoms with Crippen LogP contribution in [0.3, 0.4) is 0 Å². The minimum Gasteiger partial charge on any atom is -0.462 e.